The van der Waals surface area contributed by atoms with Crippen LogP contribution in [-0.2, 0) is 11.2 Å². The molecule has 0 aromatic heterocycles. The largest absolute Gasteiger partial charge is 0.463 e. The highest BCUT2D eigenvalue weighted by molar-refractivity contribution is 9.10. The molecule has 112 valence electrons. The molecule has 1 aromatic rings. The number of rotatable bonds is 4. The lowest BCUT2D eigenvalue weighted by Gasteiger charge is -2.21. The molecule has 8 heteroatoms. The van der Waals surface area contributed by atoms with Crippen molar-refractivity contribution in [3.8, 4) is 0 Å². The van der Waals surface area contributed by atoms with Gasteiger partial charge in [-0.2, -0.15) is 22.0 Å². The molecule has 0 bridgehead atoms. The number of nitrogens with one attached hydrogen (secondary N) is 1. The zero-order valence-corrected chi connectivity index (χ0v) is 11.9. The van der Waals surface area contributed by atoms with Crippen LogP contribution >= 0.6 is 15.9 Å². The number of amides is 1. The number of hydrogen-bond donors (Lipinski definition) is 1. The molecule has 0 fully saturated rings. The maximum Gasteiger partial charge on any atom is 0.463 e. The second kappa shape index (κ2) is 6.07. The van der Waals surface area contributed by atoms with E-state index in [-0.39, 0.29) is 6.42 Å². The standard InChI is InChI=1S/C12H11BrF5NO/c1-7(6-8-2-4-9(13)5-3-8)19-10(20)11(14,15)12(16,17)18/h2-5,7H,6H2,1H3,(H,19,20). The third kappa shape index (κ3) is 4.16. The molecule has 1 rings (SSSR count). The SMILES string of the molecule is CC(Cc1ccc(Br)cc1)NC(=O)C(F)(F)C(F)(F)F. The summed E-state index contributed by atoms with van der Waals surface area (Å²) in [6, 6.07) is 5.91. The number of alkyl halides is 5. The summed E-state index contributed by atoms with van der Waals surface area (Å²) >= 11 is 3.21. The highest BCUT2D eigenvalue weighted by atomic mass is 79.9. The lowest BCUT2D eigenvalue weighted by atomic mass is 10.1. The van der Waals surface area contributed by atoms with E-state index in [1.807, 2.05) is 0 Å². The van der Waals surface area contributed by atoms with Gasteiger partial charge in [-0.1, -0.05) is 28.1 Å². The quantitative estimate of drug-likeness (QED) is 0.816. The molecule has 0 radical (unpaired) electrons. The van der Waals surface area contributed by atoms with Gasteiger partial charge in [0, 0.05) is 10.5 Å². The molecule has 1 N–H and O–H groups in total. The molecule has 1 unspecified atom stereocenters. The predicted molar refractivity (Wildman–Crippen MR) is 66.5 cm³/mol. The van der Waals surface area contributed by atoms with E-state index in [4.69, 9.17) is 0 Å². The monoisotopic (exact) mass is 359 g/mol. The molecule has 0 saturated heterocycles. The number of hydrogen-bond acceptors (Lipinski definition) is 1. The molecule has 1 amide bonds. The van der Waals surface area contributed by atoms with Crippen LogP contribution in [0.2, 0.25) is 0 Å². The lowest BCUT2D eigenvalue weighted by Crippen LogP contribution is -2.52. The highest BCUT2D eigenvalue weighted by Crippen LogP contribution is 2.35. The highest BCUT2D eigenvalue weighted by Gasteiger charge is 2.63. The van der Waals surface area contributed by atoms with E-state index in [9.17, 15) is 26.7 Å². The van der Waals surface area contributed by atoms with Crippen molar-refractivity contribution >= 4 is 21.8 Å². The van der Waals surface area contributed by atoms with Gasteiger partial charge in [0.1, 0.15) is 0 Å². The van der Waals surface area contributed by atoms with E-state index in [1.54, 1.807) is 29.6 Å². The second-order valence-electron chi connectivity index (χ2n) is 4.28. The summed E-state index contributed by atoms with van der Waals surface area (Å²) in [7, 11) is 0. The van der Waals surface area contributed by atoms with Crippen molar-refractivity contribution in [1.82, 2.24) is 5.32 Å². The first-order valence-electron chi connectivity index (χ1n) is 5.54. The molecule has 20 heavy (non-hydrogen) atoms. The van der Waals surface area contributed by atoms with Crippen molar-refractivity contribution in [2.45, 2.75) is 31.5 Å². The summed E-state index contributed by atoms with van der Waals surface area (Å²) in [5.41, 5.74) is 0.705. The molecule has 0 saturated carbocycles. The molecule has 2 nitrogen and oxygen atoms in total. The van der Waals surface area contributed by atoms with Gasteiger partial charge in [-0.3, -0.25) is 4.79 Å². The maximum absolute atomic E-state index is 12.7. The molecule has 0 aliphatic heterocycles. The molecular formula is C12H11BrF5NO. The van der Waals surface area contributed by atoms with Crippen molar-refractivity contribution < 1.29 is 26.7 Å². The van der Waals surface area contributed by atoms with E-state index in [0.29, 0.717) is 5.56 Å². The van der Waals surface area contributed by atoms with Crippen molar-refractivity contribution in [2.24, 2.45) is 0 Å². The number of carbonyl (C=O) groups is 1. The van der Waals surface area contributed by atoms with Crippen LogP contribution in [0.25, 0.3) is 0 Å². The first-order valence-corrected chi connectivity index (χ1v) is 6.33. The van der Waals surface area contributed by atoms with Crippen LogP contribution in [0, 0.1) is 0 Å². The van der Waals surface area contributed by atoms with Crippen LogP contribution < -0.4 is 5.32 Å². The average molecular weight is 360 g/mol. The van der Waals surface area contributed by atoms with Crippen LogP contribution in [0.5, 0.6) is 0 Å². The third-order valence-electron chi connectivity index (χ3n) is 2.47. The lowest BCUT2D eigenvalue weighted by molar-refractivity contribution is -0.270. The second-order valence-corrected chi connectivity index (χ2v) is 5.19. The Hall–Kier alpha value is -1.18. The minimum atomic E-state index is -5.89. The van der Waals surface area contributed by atoms with Crippen LogP contribution in [0.3, 0.4) is 0 Å². The molecular weight excluding hydrogens is 349 g/mol. The maximum atomic E-state index is 12.7. The molecule has 0 spiro atoms. The van der Waals surface area contributed by atoms with E-state index >= 15 is 0 Å². The summed E-state index contributed by atoms with van der Waals surface area (Å²) in [4.78, 5) is 11.0. The fourth-order valence-corrected chi connectivity index (χ4v) is 1.73. The van der Waals surface area contributed by atoms with Crippen molar-refractivity contribution in [1.29, 1.82) is 0 Å². The Morgan fingerprint density at radius 2 is 1.70 bits per heavy atom. The van der Waals surface area contributed by atoms with Gasteiger partial charge < -0.3 is 5.32 Å². The molecule has 1 aromatic carbocycles. The number of benzene rings is 1. The molecule has 0 heterocycles. The van der Waals surface area contributed by atoms with E-state index in [2.05, 4.69) is 15.9 Å². The first-order chi connectivity index (χ1) is 9.04. The van der Waals surface area contributed by atoms with Crippen molar-refractivity contribution in [3.05, 3.63) is 34.3 Å². The zero-order chi connectivity index (χ0) is 15.6. The van der Waals surface area contributed by atoms with Crippen molar-refractivity contribution in [2.75, 3.05) is 0 Å². The average Bonchev–Trinajstić information content (AvgIpc) is 2.30. The van der Waals surface area contributed by atoms with Gasteiger partial charge in [0.2, 0.25) is 0 Å². The van der Waals surface area contributed by atoms with Gasteiger partial charge in [0.25, 0.3) is 0 Å². The Morgan fingerprint density at radius 3 is 2.15 bits per heavy atom. The van der Waals surface area contributed by atoms with E-state index in [0.717, 1.165) is 4.47 Å². The molecule has 0 aliphatic carbocycles. The molecule has 0 aliphatic rings. The Labute approximate surface area is 120 Å². The summed E-state index contributed by atoms with van der Waals surface area (Å²) in [5, 5.41) is 1.67. The summed E-state index contributed by atoms with van der Waals surface area (Å²) in [5.74, 6) is -7.73. The Balaban J connectivity index is 2.64. The van der Waals surface area contributed by atoms with Gasteiger partial charge in [0.15, 0.2) is 0 Å². The minimum Gasteiger partial charge on any atom is -0.348 e. The Morgan fingerprint density at radius 1 is 1.20 bits per heavy atom. The number of halogens is 6. The van der Waals surface area contributed by atoms with Crippen LogP contribution in [0.1, 0.15) is 12.5 Å². The zero-order valence-electron chi connectivity index (χ0n) is 10.3. The van der Waals surface area contributed by atoms with Crippen LogP contribution in [0.15, 0.2) is 28.7 Å². The van der Waals surface area contributed by atoms with Gasteiger partial charge >= 0.3 is 18.0 Å². The van der Waals surface area contributed by atoms with Crippen LogP contribution in [0.4, 0.5) is 22.0 Å². The van der Waals surface area contributed by atoms with Crippen molar-refractivity contribution in [3.63, 3.8) is 0 Å². The minimum absolute atomic E-state index is 0.146. The molecule has 1 atom stereocenters. The first kappa shape index (κ1) is 16.9. The van der Waals surface area contributed by atoms with E-state index in [1.165, 1.54) is 6.92 Å². The van der Waals surface area contributed by atoms with Crippen LogP contribution in [-0.4, -0.2) is 24.0 Å². The topological polar surface area (TPSA) is 29.1 Å². The Bertz CT molecular complexity index is 472. The smallest absolute Gasteiger partial charge is 0.348 e. The van der Waals surface area contributed by atoms with Gasteiger partial charge in [0.05, 0.1) is 0 Å². The Kier molecular flexibility index (Phi) is 5.12. The summed E-state index contributed by atoms with van der Waals surface area (Å²) in [6.07, 6.45) is -5.75. The number of carbonyl (C=O) groups excluding carboxylic acids is 1. The summed E-state index contributed by atoms with van der Waals surface area (Å²) < 4.78 is 62.2. The fraction of sp³-hybridized carbons (Fsp3) is 0.417. The van der Waals surface area contributed by atoms with Gasteiger partial charge in [-0.15, -0.1) is 0 Å². The normalized spacial score (nSPS) is 13.9. The predicted octanol–water partition coefficient (Wildman–Crippen LogP) is 3.69. The van der Waals surface area contributed by atoms with Gasteiger partial charge in [-0.25, -0.2) is 0 Å². The fourth-order valence-electron chi connectivity index (χ4n) is 1.47. The summed E-state index contributed by atoms with van der Waals surface area (Å²) in [6.45, 7) is 1.35. The van der Waals surface area contributed by atoms with E-state index < -0.39 is 24.0 Å². The third-order valence-corrected chi connectivity index (χ3v) is 3.00. The van der Waals surface area contributed by atoms with Gasteiger partial charge in [-0.05, 0) is 31.0 Å².